The molecule has 1 aromatic rings. The van der Waals surface area contributed by atoms with Crippen LogP contribution in [0.25, 0.3) is 0 Å². The molecule has 6 heteroatoms. The van der Waals surface area contributed by atoms with Crippen molar-refractivity contribution in [2.75, 3.05) is 27.2 Å². The van der Waals surface area contributed by atoms with Crippen LogP contribution in [-0.2, 0) is 16.6 Å². The molecule has 1 rings (SSSR count). The summed E-state index contributed by atoms with van der Waals surface area (Å²) in [4.78, 5) is 0.313. The average molecular weight is 314 g/mol. The molecule has 21 heavy (non-hydrogen) atoms. The molecule has 0 aliphatic carbocycles. The Morgan fingerprint density at radius 1 is 1.24 bits per heavy atom. The molecule has 0 radical (unpaired) electrons. The monoisotopic (exact) mass is 314 g/mol. The van der Waals surface area contributed by atoms with E-state index in [1.54, 1.807) is 25.2 Å². The van der Waals surface area contributed by atoms with Crippen molar-refractivity contribution in [2.45, 2.75) is 38.1 Å². The van der Waals surface area contributed by atoms with Crippen molar-refractivity contribution in [3.8, 4) is 5.75 Å². The van der Waals surface area contributed by atoms with Gasteiger partial charge in [0.25, 0.3) is 0 Å². The summed E-state index contributed by atoms with van der Waals surface area (Å²) < 4.78 is 32.0. The summed E-state index contributed by atoms with van der Waals surface area (Å²) in [7, 11) is 0.00735. The van der Waals surface area contributed by atoms with Crippen LogP contribution in [0, 0.1) is 0 Å². The van der Waals surface area contributed by atoms with Gasteiger partial charge in [0.05, 0.1) is 11.5 Å². The van der Waals surface area contributed by atoms with Gasteiger partial charge in [0.2, 0.25) is 10.0 Å². The molecule has 1 aromatic carbocycles. The lowest BCUT2D eigenvalue weighted by atomic mass is 10.2. The summed E-state index contributed by atoms with van der Waals surface area (Å²) >= 11 is 0. The van der Waals surface area contributed by atoms with Crippen molar-refractivity contribution < 1.29 is 13.2 Å². The average Bonchev–Trinajstić information content (AvgIpc) is 2.46. The van der Waals surface area contributed by atoms with Gasteiger partial charge >= 0.3 is 0 Å². The Labute approximate surface area is 128 Å². The number of nitrogens with zero attached hydrogens (tertiary/aromatic N) is 1. The minimum Gasteiger partial charge on any atom is -0.493 e. The lowest BCUT2D eigenvalue weighted by Gasteiger charge is -2.18. The van der Waals surface area contributed by atoms with E-state index >= 15 is 0 Å². The van der Waals surface area contributed by atoms with Gasteiger partial charge in [0, 0.05) is 25.7 Å². The summed E-state index contributed by atoms with van der Waals surface area (Å²) in [5, 5.41) is 3.05. The predicted molar refractivity (Wildman–Crippen MR) is 85.1 cm³/mol. The van der Waals surface area contributed by atoms with Crippen molar-refractivity contribution in [2.24, 2.45) is 0 Å². The maximum absolute atomic E-state index is 12.5. The van der Waals surface area contributed by atoms with E-state index in [2.05, 4.69) is 5.32 Å². The van der Waals surface area contributed by atoms with Crippen molar-refractivity contribution >= 4 is 10.0 Å². The van der Waals surface area contributed by atoms with Gasteiger partial charge in [-0.25, -0.2) is 12.7 Å². The molecule has 0 atom stereocenters. The highest BCUT2D eigenvalue weighted by molar-refractivity contribution is 7.89. The Kier molecular flexibility index (Phi) is 7.14. The lowest BCUT2D eigenvalue weighted by Crippen LogP contribution is -2.27. The van der Waals surface area contributed by atoms with E-state index in [4.69, 9.17) is 4.74 Å². The molecule has 0 spiro atoms. The van der Waals surface area contributed by atoms with Crippen LogP contribution in [0.15, 0.2) is 23.1 Å². The fourth-order valence-corrected chi connectivity index (χ4v) is 3.33. The smallest absolute Gasteiger partial charge is 0.242 e. The molecule has 0 saturated carbocycles. The van der Waals surface area contributed by atoms with Crippen molar-refractivity contribution in [3.63, 3.8) is 0 Å². The molecule has 0 aliphatic heterocycles. The fourth-order valence-electron chi connectivity index (χ4n) is 2.01. The molecule has 120 valence electrons. The minimum absolute atomic E-state index is 0.313. The number of rotatable bonds is 9. The maximum atomic E-state index is 12.5. The minimum atomic E-state index is -3.43. The zero-order valence-electron chi connectivity index (χ0n) is 13.3. The second-order valence-corrected chi connectivity index (χ2v) is 7.02. The zero-order valence-corrected chi connectivity index (χ0v) is 14.2. The van der Waals surface area contributed by atoms with Gasteiger partial charge in [-0.3, -0.25) is 0 Å². The molecule has 0 aliphatic rings. The fraction of sp³-hybridized carbons (Fsp3) is 0.600. The van der Waals surface area contributed by atoms with Gasteiger partial charge in [-0.15, -0.1) is 0 Å². The molecule has 1 N–H and O–H groups in total. The van der Waals surface area contributed by atoms with Crippen LogP contribution in [0.1, 0.15) is 32.3 Å². The molecular formula is C15H26N2O3S. The second kappa shape index (κ2) is 8.36. The molecule has 5 nitrogen and oxygen atoms in total. The Balaban J connectivity index is 3.12. The number of ether oxygens (including phenoxy) is 1. The molecule has 0 unspecified atom stereocenters. The van der Waals surface area contributed by atoms with Crippen molar-refractivity contribution in [1.82, 2.24) is 9.62 Å². The van der Waals surface area contributed by atoms with Crippen LogP contribution in [0.2, 0.25) is 0 Å². The van der Waals surface area contributed by atoms with Crippen LogP contribution in [0.3, 0.4) is 0 Å². The van der Waals surface area contributed by atoms with E-state index in [1.165, 1.54) is 4.31 Å². The molecule has 0 aromatic heterocycles. The third-order valence-electron chi connectivity index (χ3n) is 3.11. The van der Waals surface area contributed by atoms with E-state index in [1.807, 2.05) is 20.9 Å². The number of nitrogens with one attached hydrogen (secondary N) is 1. The second-order valence-electron chi connectivity index (χ2n) is 4.97. The molecule has 0 saturated heterocycles. The zero-order chi connectivity index (χ0) is 15.9. The number of hydrogen-bond donors (Lipinski definition) is 1. The third kappa shape index (κ3) is 4.69. The molecule has 0 amide bonds. The third-order valence-corrected chi connectivity index (χ3v) is 4.96. The SMILES string of the molecule is CCCOc1ccc(S(=O)(=O)N(C)CCC)cc1CNC. The van der Waals surface area contributed by atoms with Crippen LogP contribution >= 0.6 is 0 Å². The Morgan fingerprint density at radius 3 is 2.52 bits per heavy atom. The first kappa shape index (κ1) is 17.9. The van der Waals surface area contributed by atoms with E-state index in [0.717, 1.165) is 24.2 Å². The number of benzene rings is 1. The first-order valence-corrected chi connectivity index (χ1v) is 8.78. The molecular weight excluding hydrogens is 288 g/mol. The number of sulfonamides is 1. The van der Waals surface area contributed by atoms with Gasteiger partial charge in [0.15, 0.2) is 0 Å². The van der Waals surface area contributed by atoms with Gasteiger partial charge in [0.1, 0.15) is 5.75 Å². The van der Waals surface area contributed by atoms with E-state index in [-0.39, 0.29) is 0 Å². The summed E-state index contributed by atoms with van der Waals surface area (Å²) in [6.45, 7) is 5.70. The van der Waals surface area contributed by atoms with Crippen LogP contribution in [-0.4, -0.2) is 40.0 Å². The van der Waals surface area contributed by atoms with E-state index in [0.29, 0.717) is 24.6 Å². The topological polar surface area (TPSA) is 58.6 Å². The number of hydrogen-bond acceptors (Lipinski definition) is 4. The summed E-state index contributed by atoms with van der Waals surface area (Å²) in [6, 6.07) is 5.06. The summed E-state index contributed by atoms with van der Waals surface area (Å²) in [6.07, 6.45) is 1.70. The molecule has 0 heterocycles. The van der Waals surface area contributed by atoms with E-state index < -0.39 is 10.0 Å². The highest BCUT2D eigenvalue weighted by atomic mass is 32.2. The normalized spacial score (nSPS) is 11.9. The summed E-state index contributed by atoms with van der Waals surface area (Å²) in [5.74, 6) is 0.739. The summed E-state index contributed by atoms with van der Waals surface area (Å²) in [5.41, 5.74) is 0.858. The van der Waals surface area contributed by atoms with Crippen molar-refractivity contribution in [1.29, 1.82) is 0 Å². The maximum Gasteiger partial charge on any atom is 0.242 e. The van der Waals surface area contributed by atoms with Crippen LogP contribution in [0.4, 0.5) is 0 Å². The Morgan fingerprint density at radius 2 is 1.95 bits per heavy atom. The van der Waals surface area contributed by atoms with Crippen LogP contribution < -0.4 is 10.1 Å². The lowest BCUT2D eigenvalue weighted by molar-refractivity contribution is 0.313. The van der Waals surface area contributed by atoms with E-state index in [9.17, 15) is 8.42 Å². The van der Waals surface area contributed by atoms with Gasteiger partial charge in [-0.1, -0.05) is 13.8 Å². The quantitative estimate of drug-likeness (QED) is 0.759. The van der Waals surface area contributed by atoms with Gasteiger partial charge in [-0.2, -0.15) is 0 Å². The van der Waals surface area contributed by atoms with Gasteiger partial charge in [-0.05, 0) is 38.1 Å². The standard InChI is InChI=1S/C15H26N2O3S/c1-5-9-17(4)21(18,19)14-7-8-15(20-10-6-2)13(11-14)12-16-3/h7-8,11,16H,5-6,9-10,12H2,1-4H3. The first-order valence-electron chi connectivity index (χ1n) is 7.34. The Hall–Kier alpha value is -1.11. The largest absolute Gasteiger partial charge is 0.493 e. The predicted octanol–water partition coefficient (Wildman–Crippen LogP) is 2.23. The first-order chi connectivity index (χ1) is 9.97. The molecule has 0 bridgehead atoms. The Bertz CT molecular complexity index is 544. The van der Waals surface area contributed by atoms with Gasteiger partial charge < -0.3 is 10.1 Å². The van der Waals surface area contributed by atoms with Crippen LogP contribution in [0.5, 0.6) is 5.75 Å². The highest BCUT2D eigenvalue weighted by Gasteiger charge is 2.21. The molecule has 0 fully saturated rings. The highest BCUT2D eigenvalue weighted by Crippen LogP contribution is 2.24. The van der Waals surface area contributed by atoms with Crippen molar-refractivity contribution in [3.05, 3.63) is 23.8 Å².